The quantitative estimate of drug-likeness (QED) is 0.717. The van der Waals surface area contributed by atoms with Crippen LogP contribution in [-0.2, 0) is 23.0 Å². The number of fused-ring (bicyclic) bond motifs is 1. The molecule has 0 fully saturated rings. The van der Waals surface area contributed by atoms with Crippen molar-refractivity contribution in [3.8, 4) is 0 Å². The highest BCUT2D eigenvalue weighted by Gasteiger charge is 2.36. The number of nitrogens with zero attached hydrogens (tertiary/aromatic N) is 1. The third-order valence-corrected chi connectivity index (χ3v) is 6.73. The Balaban J connectivity index is 1.61. The normalized spacial score (nSPS) is 16.0. The Hall–Kier alpha value is -3.06. The molecule has 7 heteroatoms. The number of benzene rings is 2. The van der Waals surface area contributed by atoms with Crippen molar-refractivity contribution in [3.05, 3.63) is 83.8 Å². The summed E-state index contributed by atoms with van der Waals surface area (Å²) in [6.45, 7) is 2.12. The van der Waals surface area contributed by atoms with Gasteiger partial charge in [0.25, 0.3) is 15.9 Å². The van der Waals surface area contributed by atoms with Gasteiger partial charge in [-0.25, -0.2) is 8.42 Å². The van der Waals surface area contributed by atoms with Crippen LogP contribution in [0.5, 0.6) is 0 Å². The molecule has 0 spiro atoms. The molecule has 6 nitrogen and oxygen atoms in total. The second-order valence-electron chi connectivity index (χ2n) is 6.77. The van der Waals surface area contributed by atoms with E-state index in [0.29, 0.717) is 17.9 Å². The van der Waals surface area contributed by atoms with Crippen molar-refractivity contribution < 1.29 is 17.6 Å². The molecule has 1 atom stereocenters. The van der Waals surface area contributed by atoms with Crippen LogP contribution in [0.15, 0.2) is 76.2 Å². The predicted molar refractivity (Wildman–Crippen MR) is 106 cm³/mol. The minimum atomic E-state index is -3.78. The Bertz CT molecular complexity index is 1110. The number of carbonyl (C=O) groups is 1. The van der Waals surface area contributed by atoms with Crippen LogP contribution in [0.4, 0.5) is 5.69 Å². The van der Waals surface area contributed by atoms with Crippen LogP contribution < -0.4 is 9.62 Å². The summed E-state index contributed by atoms with van der Waals surface area (Å²) in [7, 11) is -3.78. The highest BCUT2D eigenvalue weighted by atomic mass is 32.2. The monoisotopic (exact) mass is 396 g/mol. The lowest BCUT2D eigenvalue weighted by molar-refractivity contribution is 0.0948. The van der Waals surface area contributed by atoms with E-state index in [0.717, 1.165) is 5.56 Å². The molecule has 0 aliphatic carbocycles. The van der Waals surface area contributed by atoms with E-state index in [9.17, 15) is 13.2 Å². The molecule has 0 saturated carbocycles. The molecule has 1 aliphatic rings. The van der Waals surface area contributed by atoms with E-state index in [2.05, 4.69) is 5.32 Å². The minimum Gasteiger partial charge on any atom is -0.467 e. The Morgan fingerprint density at radius 3 is 2.75 bits per heavy atom. The number of furan rings is 1. The Morgan fingerprint density at radius 2 is 1.96 bits per heavy atom. The predicted octanol–water partition coefficient (Wildman–Crippen LogP) is 3.35. The van der Waals surface area contributed by atoms with Crippen LogP contribution in [0.25, 0.3) is 0 Å². The molecule has 28 heavy (non-hydrogen) atoms. The van der Waals surface area contributed by atoms with Gasteiger partial charge in [0.1, 0.15) is 5.76 Å². The molecular formula is C21H20N2O4S. The van der Waals surface area contributed by atoms with Gasteiger partial charge < -0.3 is 9.73 Å². The number of carbonyl (C=O) groups excluding carboxylic acids is 1. The second kappa shape index (κ2) is 7.16. The topological polar surface area (TPSA) is 79.6 Å². The first kappa shape index (κ1) is 18.3. The SMILES string of the molecule is C[C@H]1Cc2ccccc2N1S(=O)(=O)c1cccc(C(=O)NCc2ccco2)c1. The second-order valence-corrected chi connectivity index (χ2v) is 8.59. The van der Waals surface area contributed by atoms with Crippen LogP contribution in [0.1, 0.15) is 28.6 Å². The molecule has 1 aliphatic heterocycles. The fourth-order valence-corrected chi connectivity index (χ4v) is 5.24. The van der Waals surface area contributed by atoms with Crippen molar-refractivity contribution in [2.75, 3.05) is 4.31 Å². The number of rotatable bonds is 5. The molecule has 3 aromatic rings. The van der Waals surface area contributed by atoms with Crippen molar-refractivity contribution in [1.82, 2.24) is 5.32 Å². The lowest BCUT2D eigenvalue weighted by Crippen LogP contribution is -2.35. The number of para-hydroxylation sites is 1. The third-order valence-electron chi connectivity index (χ3n) is 4.80. The zero-order chi connectivity index (χ0) is 19.7. The van der Waals surface area contributed by atoms with E-state index < -0.39 is 10.0 Å². The summed E-state index contributed by atoms with van der Waals surface area (Å²) in [5.74, 6) is 0.267. The average Bonchev–Trinajstić information content (AvgIpc) is 3.32. The standard InChI is InChI=1S/C21H20N2O4S/c1-15-12-16-6-2-3-10-20(16)23(15)28(25,26)19-9-4-7-17(13-19)21(24)22-14-18-8-5-11-27-18/h2-11,13,15H,12,14H2,1H3,(H,22,24)/t15-/m0/s1. The molecule has 4 rings (SSSR count). The van der Waals surface area contributed by atoms with Crippen LogP contribution in [0.2, 0.25) is 0 Å². The zero-order valence-corrected chi connectivity index (χ0v) is 16.1. The maximum atomic E-state index is 13.3. The van der Waals surface area contributed by atoms with E-state index in [1.54, 1.807) is 24.3 Å². The van der Waals surface area contributed by atoms with E-state index in [1.165, 1.54) is 22.7 Å². The summed E-state index contributed by atoms with van der Waals surface area (Å²) in [5.41, 5.74) is 1.99. The summed E-state index contributed by atoms with van der Waals surface area (Å²) in [5, 5.41) is 2.73. The van der Waals surface area contributed by atoms with Gasteiger partial charge in [0.05, 0.1) is 23.4 Å². The van der Waals surface area contributed by atoms with Gasteiger partial charge in [-0.2, -0.15) is 0 Å². The summed E-state index contributed by atoms with van der Waals surface area (Å²) in [4.78, 5) is 12.5. The maximum Gasteiger partial charge on any atom is 0.264 e. The molecule has 1 amide bonds. The van der Waals surface area contributed by atoms with Crippen molar-refractivity contribution in [2.45, 2.75) is 30.8 Å². The third kappa shape index (κ3) is 3.29. The Kier molecular flexibility index (Phi) is 4.68. The number of amides is 1. The molecule has 1 N–H and O–H groups in total. The molecule has 144 valence electrons. The van der Waals surface area contributed by atoms with Crippen LogP contribution in [-0.4, -0.2) is 20.4 Å². The van der Waals surface area contributed by atoms with E-state index in [1.807, 2.05) is 31.2 Å². The summed E-state index contributed by atoms with van der Waals surface area (Å²) in [6.07, 6.45) is 2.20. The van der Waals surface area contributed by atoms with E-state index in [-0.39, 0.29) is 29.0 Å². The van der Waals surface area contributed by atoms with E-state index >= 15 is 0 Å². The number of hydrogen-bond donors (Lipinski definition) is 1. The lowest BCUT2D eigenvalue weighted by atomic mass is 10.1. The molecule has 0 saturated heterocycles. The molecule has 0 radical (unpaired) electrons. The smallest absolute Gasteiger partial charge is 0.264 e. The summed E-state index contributed by atoms with van der Waals surface area (Å²) >= 11 is 0. The van der Waals surface area contributed by atoms with Gasteiger partial charge in [0, 0.05) is 11.6 Å². The Morgan fingerprint density at radius 1 is 1.14 bits per heavy atom. The number of hydrogen-bond acceptors (Lipinski definition) is 4. The maximum absolute atomic E-state index is 13.3. The first-order valence-corrected chi connectivity index (χ1v) is 10.4. The van der Waals surface area contributed by atoms with Crippen LogP contribution in [0, 0.1) is 0 Å². The minimum absolute atomic E-state index is 0.0988. The largest absolute Gasteiger partial charge is 0.467 e. The fraction of sp³-hybridized carbons (Fsp3) is 0.190. The van der Waals surface area contributed by atoms with Crippen LogP contribution in [0.3, 0.4) is 0 Å². The highest BCUT2D eigenvalue weighted by Crippen LogP contribution is 2.36. The van der Waals surface area contributed by atoms with Crippen molar-refractivity contribution >= 4 is 21.6 Å². The Labute approximate surface area is 163 Å². The van der Waals surface area contributed by atoms with Crippen molar-refractivity contribution in [3.63, 3.8) is 0 Å². The number of sulfonamides is 1. The molecule has 0 bridgehead atoms. The summed E-state index contributed by atoms with van der Waals surface area (Å²) in [6, 6.07) is 16.9. The van der Waals surface area contributed by atoms with E-state index in [4.69, 9.17) is 4.42 Å². The van der Waals surface area contributed by atoms with Crippen molar-refractivity contribution in [2.24, 2.45) is 0 Å². The number of anilines is 1. The molecule has 1 aromatic heterocycles. The van der Waals surface area contributed by atoms with Gasteiger partial charge in [-0.15, -0.1) is 0 Å². The van der Waals surface area contributed by atoms with Crippen LogP contribution >= 0.6 is 0 Å². The molecule has 2 aromatic carbocycles. The lowest BCUT2D eigenvalue weighted by Gasteiger charge is -2.24. The van der Waals surface area contributed by atoms with Gasteiger partial charge in [-0.3, -0.25) is 9.10 Å². The van der Waals surface area contributed by atoms with Gasteiger partial charge in [0.2, 0.25) is 0 Å². The first-order valence-electron chi connectivity index (χ1n) is 9.00. The molecule has 0 unspecified atom stereocenters. The average molecular weight is 396 g/mol. The molecule has 2 heterocycles. The zero-order valence-electron chi connectivity index (χ0n) is 15.3. The highest BCUT2D eigenvalue weighted by molar-refractivity contribution is 7.92. The first-order chi connectivity index (χ1) is 13.5. The fourth-order valence-electron chi connectivity index (χ4n) is 3.50. The van der Waals surface area contributed by atoms with Gasteiger partial charge in [-0.1, -0.05) is 24.3 Å². The number of nitrogens with one attached hydrogen (secondary N) is 1. The molecular weight excluding hydrogens is 376 g/mol. The van der Waals surface area contributed by atoms with Gasteiger partial charge >= 0.3 is 0 Å². The van der Waals surface area contributed by atoms with Crippen molar-refractivity contribution in [1.29, 1.82) is 0 Å². The summed E-state index contributed by atoms with van der Waals surface area (Å²) < 4.78 is 33.3. The van der Waals surface area contributed by atoms with Gasteiger partial charge in [0.15, 0.2) is 0 Å². The van der Waals surface area contributed by atoms with Gasteiger partial charge in [-0.05, 0) is 55.3 Å².